The predicted molar refractivity (Wildman–Crippen MR) is 75.4 cm³/mol. The summed E-state index contributed by atoms with van der Waals surface area (Å²) in [5.41, 5.74) is 0.504. The lowest BCUT2D eigenvalue weighted by Gasteiger charge is -2.09. The van der Waals surface area contributed by atoms with Gasteiger partial charge in [0.25, 0.3) is 5.89 Å². The molecule has 108 valence electrons. The summed E-state index contributed by atoms with van der Waals surface area (Å²) in [5.74, 6) is -0.801. The molecule has 0 bridgehead atoms. The smallest absolute Gasteiger partial charge is 0.387 e. The van der Waals surface area contributed by atoms with Crippen molar-refractivity contribution >= 4 is 11.3 Å². The number of aliphatic hydroxyl groups is 1. The molecule has 1 N–H and O–H groups in total. The van der Waals surface area contributed by atoms with E-state index in [1.54, 1.807) is 6.07 Å². The number of hydrogen-bond acceptors (Lipinski definition) is 5. The van der Waals surface area contributed by atoms with Gasteiger partial charge in [-0.05, 0) is 29.1 Å². The largest absolute Gasteiger partial charge is 0.437 e. The number of halogens is 1. The fraction of sp³-hybridized carbons (Fsp3) is 0.143. The van der Waals surface area contributed by atoms with E-state index in [2.05, 4.69) is 5.10 Å². The van der Waals surface area contributed by atoms with Crippen LogP contribution in [0.1, 0.15) is 11.7 Å². The number of aromatic nitrogens is 2. The Kier molecular flexibility index (Phi) is 3.68. The van der Waals surface area contributed by atoms with Crippen LogP contribution in [-0.2, 0) is 6.54 Å². The van der Waals surface area contributed by atoms with E-state index in [0.29, 0.717) is 5.56 Å². The van der Waals surface area contributed by atoms with Crippen LogP contribution < -0.4 is 5.76 Å². The van der Waals surface area contributed by atoms with Gasteiger partial charge in [0, 0.05) is 0 Å². The third-order valence-electron chi connectivity index (χ3n) is 2.94. The van der Waals surface area contributed by atoms with Gasteiger partial charge in [-0.2, -0.15) is 4.68 Å². The summed E-state index contributed by atoms with van der Waals surface area (Å²) in [6.07, 6.45) is -0.968. The summed E-state index contributed by atoms with van der Waals surface area (Å²) in [5, 5.41) is 16.0. The van der Waals surface area contributed by atoms with Gasteiger partial charge in [0.05, 0.1) is 17.5 Å². The SMILES string of the molecule is O=c1oc(-c2cccs2)nn1C[C@H](O)c1ccc(F)cc1. The molecule has 1 aromatic carbocycles. The van der Waals surface area contributed by atoms with E-state index in [0.717, 1.165) is 9.56 Å². The zero-order chi connectivity index (χ0) is 14.8. The minimum absolute atomic E-state index is 0.0562. The quantitative estimate of drug-likeness (QED) is 0.804. The maximum absolute atomic E-state index is 12.8. The third kappa shape index (κ3) is 2.93. The summed E-state index contributed by atoms with van der Waals surface area (Å²) in [4.78, 5) is 12.5. The first-order chi connectivity index (χ1) is 10.1. The van der Waals surface area contributed by atoms with Gasteiger partial charge in [0.15, 0.2) is 0 Å². The van der Waals surface area contributed by atoms with Gasteiger partial charge in [0.1, 0.15) is 5.82 Å². The second-order valence-corrected chi connectivity index (χ2v) is 5.35. The van der Waals surface area contributed by atoms with E-state index in [-0.39, 0.29) is 18.3 Å². The molecule has 0 aliphatic carbocycles. The van der Waals surface area contributed by atoms with Gasteiger partial charge in [-0.1, -0.05) is 18.2 Å². The van der Waals surface area contributed by atoms with Gasteiger partial charge >= 0.3 is 5.76 Å². The lowest BCUT2D eigenvalue weighted by molar-refractivity contribution is 0.148. The maximum Gasteiger partial charge on any atom is 0.437 e. The van der Waals surface area contributed by atoms with E-state index < -0.39 is 11.9 Å². The molecule has 0 radical (unpaired) electrons. The Morgan fingerprint density at radius 3 is 2.76 bits per heavy atom. The molecular formula is C14H11FN2O3S. The van der Waals surface area contributed by atoms with Crippen molar-refractivity contribution in [3.05, 3.63) is 63.7 Å². The van der Waals surface area contributed by atoms with Crippen LogP contribution in [0, 0.1) is 5.82 Å². The van der Waals surface area contributed by atoms with Crippen LogP contribution in [-0.4, -0.2) is 14.9 Å². The Morgan fingerprint density at radius 1 is 1.33 bits per heavy atom. The second-order valence-electron chi connectivity index (χ2n) is 4.40. The number of hydrogen-bond donors (Lipinski definition) is 1. The van der Waals surface area contributed by atoms with Crippen LogP contribution in [0.4, 0.5) is 4.39 Å². The first-order valence-electron chi connectivity index (χ1n) is 6.19. The third-order valence-corrected chi connectivity index (χ3v) is 3.80. The average molecular weight is 306 g/mol. The number of benzene rings is 1. The zero-order valence-electron chi connectivity index (χ0n) is 10.8. The molecule has 0 aliphatic heterocycles. The van der Waals surface area contributed by atoms with Gasteiger partial charge in [-0.3, -0.25) is 0 Å². The molecule has 0 fully saturated rings. The summed E-state index contributed by atoms with van der Waals surface area (Å²) >= 11 is 1.40. The minimum atomic E-state index is -0.968. The number of rotatable bonds is 4. The highest BCUT2D eigenvalue weighted by atomic mass is 32.1. The standard InChI is InChI=1S/C14H11FN2O3S/c15-10-5-3-9(4-6-10)11(18)8-17-14(19)20-13(16-17)12-2-1-7-21-12/h1-7,11,18H,8H2/t11-/m0/s1. The van der Waals surface area contributed by atoms with Crippen molar-refractivity contribution in [3.63, 3.8) is 0 Å². The van der Waals surface area contributed by atoms with Crippen molar-refractivity contribution in [1.82, 2.24) is 9.78 Å². The minimum Gasteiger partial charge on any atom is -0.387 e. The topological polar surface area (TPSA) is 68.3 Å². The predicted octanol–water partition coefficient (Wildman–Crippen LogP) is 2.44. The second kappa shape index (κ2) is 5.63. The fourth-order valence-corrected chi connectivity index (χ4v) is 2.52. The van der Waals surface area contributed by atoms with Crippen molar-refractivity contribution in [3.8, 4) is 10.8 Å². The summed E-state index contributed by atoms with van der Waals surface area (Å²) in [7, 11) is 0. The lowest BCUT2D eigenvalue weighted by atomic mass is 10.1. The Hall–Kier alpha value is -2.25. The molecule has 0 amide bonds. The molecule has 1 atom stereocenters. The van der Waals surface area contributed by atoms with Crippen molar-refractivity contribution in [2.75, 3.05) is 0 Å². The molecule has 2 heterocycles. The zero-order valence-corrected chi connectivity index (χ0v) is 11.6. The van der Waals surface area contributed by atoms with E-state index in [1.165, 1.54) is 35.6 Å². The van der Waals surface area contributed by atoms with Crippen molar-refractivity contribution in [1.29, 1.82) is 0 Å². The lowest BCUT2D eigenvalue weighted by Crippen LogP contribution is -2.20. The average Bonchev–Trinajstić information content (AvgIpc) is 3.10. The molecule has 0 saturated heterocycles. The number of nitrogens with zero attached hydrogens (tertiary/aromatic N) is 2. The highest BCUT2D eigenvalue weighted by molar-refractivity contribution is 7.13. The van der Waals surface area contributed by atoms with Crippen molar-refractivity contribution in [2.24, 2.45) is 0 Å². The number of thiophene rings is 1. The Balaban J connectivity index is 1.82. The normalized spacial score (nSPS) is 12.5. The Morgan fingerprint density at radius 2 is 2.10 bits per heavy atom. The van der Waals surface area contributed by atoms with Crippen LogP contribution in [0.3, 0.4) is 0 Å². The fourth-order valence-electron chi connectivity index (χ4n) is 1.88. The van der Waals surface area contributed by atoms with E-state index in [1.807, 2.05) is 11.4 Å². The summed E-state index contributed by atoms with van der Waals surface area (Å²) < 4.78 is 18.9. The molecule has 0 unspecified atom stereocenters. The molecule has 3 rings (SSSR count). The van der Waals surface area contributed by atoms with Crippen LogP contribution in [0.2, 0.25) is 0 Å². The van der Waals surface area contributed by atoms with Crippen LogP contribution in [0.15, 0.2) is 51.0 Å². The molecule has 0 spiro atoms. The summed E-state index contributed by atoms with van der Waals surface area (Å²) in [6, 6.07) is 9.04. The monoisotopic (exact) mass is 306 g/mol. The van der Waals surface area contributed by atoms with Gasteiger partial charge < -0.3 is 9.52 Å². The molecule has 7 heteroatoms. The van der Waals surface area contributed by atoms with Gasteiger partial charge in [0.2, 0.25) is 0 Å². The van der Waals surface area contributed by atoms with Crippen molar-refractivity contribution in [2.45, 2.75) is 12.6 Å². The Bertz CT molecular complexity index is 777. The first-order valence-corrected chi connectivity index (χ1v) is 7.07. The highest BCUT2D eigenvalue weighted by Crippen LogP contribution is 2.22. The molecule has 2 aromatic heterocycles. The van der Waals surface area contributed by atoms with E-state index >= 15 is 0 Å². The summed E-state index contributed by atoms with van der Waals surface area (Å²) in [6.45, 7) is -0.0562. The highest BCUT2D eigenvalue weighted by Gasteiger charge is 2.15. The van der Waals surface area contributed by atoms with E-state index in [4.69, 9.17) is 4.42 Å². The molecule has 0 saturated carbocycles. The van der Waals surface area contributed by atoms with E-state index in [9.17, 15) is 14.3 Å². The first kappa shape index (κ1) is 13.7. The van der Waals surface area contributed by atoms with Gasteiger partial charge in [-0.25, -0.2) is 9.18 Å². The molecule has 0 aliphatic rings. The molecule has 21 heavy (non-hydrogen) atoms. The molecular weight excluding hydrogens is 295 g/mol. The Labute approximate surface area is 122 Å². The molecule has 3 aromatic rings. The maximum atomic E-state index is 12.8. The van der Waals surface area contributed by atoms with Gasteiger partial charge in [-0.15, -0.1) is 16.4 Å². The van der Waals surface area contributed by atoms with Crippen LogP contribution in [0.5, 0.6) is 0 Å². The van der Waals surface area contributed by atoms with Crippen molar-refractivity contribution < 1.29 is 13.9 Å². The van der Waals surface area contributed by atoms with Crippen LogP contribution >= 0.6 is 11.3 Å². The van der Waals surface area contributed by atoms with Crippen LogP contribution in [0.25, 0.3) is 10.8 Å². The number of aliphatic hydroxyl groups excluding tert-OH is 1. The molecule has 5 nitrogen and oxygen atoms in total.